The van der Waals surface area contributed by atoms with Crippen molar-refractivity contribution in [2.45, 2.75) is 33.2 Å². The molecule has 0 amide bonds. The number of nitrogens with one attached hydrogen (secondary N) is 1. The highest BCUT2D eigenvalue weighted by atomic mass is 16.5. The minimum atomic E-state index is 0.632. The zero-order chi connectivity index (χ0) is 12.0. The van der Waals surface area contributed by atoms with Crippen LogP contribution in [0.1, 0.15) is 27.2 Å². The monoisotopic (exact) mass is 228 g/mol. The maximum Gasteiger partial charge on any atom is 0.0589 e. The average molecular weight is 228 g/mol. The maximum absolute atomic E-state index is 5.11. The Morgan fingerprint density at radius 3 is 2.75 bits per heavy atom. The van der Waals surface area contributed by atoms with E-state index in [4.69, 9.17) is 4.74 Å². The van der Waals surface area contributed by atoms with Gasteiger partial charge in [0.05, 0.1) is 6.61 Å². The summed E-state index contributed by atoms with van der Waals surface area (Å²) in [5.41, 5.74) is 0. The molecule has 0 aliphatic carbocycles. The molecule has 1 saturated heterocycles. The van der Waals surface area contributed by atoms with Crippen LogP contribution in [0.2, 0.25) is 0 Å². The lowest BCUT2D eigenvalue weighted by Crippen LogP contribution is -2.35. The lowest BCUT2D eigenvalue weighted by molar-refractivity contribution is 0.158. The van der Waals surface area contributed by atoms with Gasteiger partial charge in [0.15, 0.2) is 0 Å². The molecule has 1 fully saturated rings. The van der Waals surface area contributed by atoms with E-state index in [0.29, 0.717) is 6.04 Å². The molecule has 0 aromatic rings. The Morgan fingerprint density at radius 2 is 2.12 bits per heavy atom. The van der Waals surface area contributed by atoms with Crippen molar-refractivity contribution >= 4 is 0 Å². The first-order chi connectivity index (χ1) is 7.63. The largest absolute Gasteiger partial charge is 0.383 e. The number of rotatable bonds is 7. The lowest BCUT2D eigenvalue weighted by Gasteiger charge is -2.20. The molecule has 0 radical (unpaired) electrons. The van der Waals surface area contributed by atoms with Crippen LogP contribution in [-0.4, -0.2) is 50.8 Å². The molecule has 3 heteroatoms. The first kappa shape index (κ1) is 13.9. The van der Waals surface area contributed by atoms with Gasteiger partial charge in [-0.25, -0.2) is 0 Å². The van der Waals surface area contributed by atoms with Gasteiger partial charge < -0.3 is 15.0 Å². The van der Waals surface area contributed by atoms with Crippen molar-refractivity contribution in [3.63, 3.8) is 0 Å². The molecule has 0 saturated carbocycles. The second-order valence-electron chi connectivity index (χ2n) is 5.39. The summed E-state index contributed by atoms with van der Waals surface area (Å²) in [5.74, 6) is 1.56. The first-order valence-corrected chi connectivity index (χ1v) is 6.58. The van der Waals surface area contributed by atoms with Crippen molar-refractivity contribution in [3.05, 3.63) is 0 Å². The molecule has 3 nitrogen and oxygen atoms in total. The summed E-state index contributed by atoms with van der Waals surface area (Å²) in [4.78, 5) is 2.51. The highest BCUT2D eigenvalue weighted by Crippen LogP contribution is 2.15. The van der Waals surface area contributed by atoms with E-state index in [2.05, 4.69) is 31.0 Å². The van der Waals surface area contributed by atoms with Crippen molar-refractivity contribution in [1.82, 2.24) is 10.2 Å². The van der Waals surface area contributed by atoms with Crippen LogP contribution in [0, 0.1) is 11.8 Å². The van der Waals surface area contributed by atoms with E-state index >= 15 is 0 Å². The Bertz CT molecular complexity index is 185. The van der Waals surface area contributed by atoms with Gasteiger partial charge in [0.2, 0.25) is 0 Å². The first-order valence-electron chi connectivity index (χ1n) is 6.58. The normalized spacial score (nSPS) is 24.2. The fourth-order valence-electron chi connectivity index (χ4n) is 2.09. The van der Waals surface area contributed by atoms with Crippen molar-refractivity contribution in [3.8, 4) is 0 Å². The van der Waals surface area contributed by atoms with Crippen molar-refractivity contribution < 1.29 is 4.74 Å². The van der Waals surface area contributed by atoms with E-state index in [1.54, 1.807) is 7.11 Å². The number of hydrogen-bond donors (Lipinski definition) is 1. The van der Waals surface area contributed by atoms with Crippen molar-refractivity contribution in [2.75, 3.05) is 39.9 Å². The molecule has 1 aliphatic rings. The zero-order valence-electron chi connectivity index (χ0n) is 11.3. The Hall–Kier alpha value is -0.120. The molecule has 1 rings (SSSR count). The number of ether oxygens (including phenoxy) is 1. The van der Waals surface area contributed by atoms with E-state index < -0.39 is 0 Å². The van der Waals surface area contributed by atoms with Gasteiger partial charge in [-0.15, -0.1) is 0 Å². The highest BCUT2D eigenvalue weighted by Gasteiger charge is 2.22. The maximum atomic E-state index is 5.11. The fourth-order valence-corrected chi connectivity index (χ4v) is 2.09. The van der Waals surface area contributed by atoms with E-state index in [0.717, 1.165) is 25.0 Å². The van der Waals surface area contributed by atoms with Gasteiger partial charge in [-0.05, 0) is 38.3 Å². The van der Waals surface area contributed by atoms with E-state index in [9.17, 15) is 0 Å². The molecule has 1 aliphatic heterocycles. The number of likely N-dealkylation sites (tertiary alicyclic amines) is 1. The molecule has 2 atom stereocenters. The van der Waals surface area contributed by atoms with Crippen LogP contribution in [0.15, 0.2) is 0 Å². The minimum absolute atomic E-state index is 0.632. The summed E-state index contributed by atoms with van der Waals surface area (Å²) in [6.45, 7) is 12.4. The molecule has 96 valence electrons. The Morgan fingerprint density at radius 1 is 1.38 bits per heavy atom. The van der Waals surface area contributed by atoms with Gasteiger partial charge >= 0.3 is 0 Å². The molecular weight excluding hydrogens is 200 g/mol. The summed E-state index contributed by atoms with van der Waals surface area (Å²) in [6.07, 6.45) is 1.33. The number of methoxy groups -OCH3 is 1. The van der Waals surface area contributed by atoms with Gasteiger partial charge in [0.25, 0.3) is 0 Å². The van der Waals surface area contributed by atoms with E-state index in [1.165, 1.54) is 26.1 Å². The Labute approximate surface area is 101 Å². The summed E-state index contributed by atoms with van der Waals surface area (Å²) in [7, 11) is 1.78. The van der Waals surface area contributed by atoms with Gasteiger partial charge in [-0.3, -0.25) is 0 Å². The van der Waals surface area contributed by atoms with Crippen LogP contribution < -0.4 is 5.32 Å². The summed E-state index contributed by atoms with van der Waals surface area (Å²) < 4.78 is 5.11. The SMILES string of the molecule is COCCN1CCC(CNC(C)C(C)C)C1. The molecule has 16 heavy (non-hydrogen) atoms. The standard InChI is InChI=1S/C13H28N2O/c1-11(2)12(3)14-9-13-5-6-15(10-13)7-8-16-4/h11-14H,5-10H2,1-4H3. The zero-order valence-corrected chi connectivity index (χ0v) is 11.3. The third-order valence-electron chi connectivity index (χ3n) is 3.71. The fraction of sp³-hybridized carbons (Fsp3) is 1.00. The third kappa shape index (κ3) is 4.81. The van der Waals surface area contributed by atoms with Crippen molar-refractivity contribution in [1.29, 1.82) is 0 Å². The summed E-state index contributed by atoms with van der Waals surface area (Å²) in [5, 5.41) is 3.64. The van der Waals surface area contributed by atoms with Gasteiger partial charge in [-0.2, -0.15) is 0 Å². The van der Waals surface area contributed by atoms with Crippen LogP contribution in [0.25, 0.3) is 0 Å². The summed E-state index contributed by atoms with van der Waals surface area (Å²) in [6, 6.07) is 0.632. The van der Waals surface area contributed by atoms with Gasteiger partial charge in [-0.1, -0.05) is 13.8 Å². The Balaban J connectivity index is 2.11. The second kappa shape index (κ2) is 7.25. The van der Waals surface area contributed by atoms with Crippen LogP contribution >= 0.6 is 0 Å². The topological polar surface area (TPSA) is 24.5 Å². The predicted octanol–water partition coefficient (Wildman–Crippen LogP) is 1.59. The molecule has 2 unspecified atom stereocenters. The van der Waals surface area contributed by atoms with Gasteiger partial charge in [0.1, 0.15) is 0 Å². The minimum Gasteiger partial charge on any atom is -0.383 e. The highest BCUT2D eigenvalue weighted by molar-refractivity contribution is 4.78. The quantitative estimate of drug-likeness (QED) is 0.716. The molecular formula is C13H28N2O. The number of hydrogen-bond acceptors (Lipinski definition) is 3. The molecule has 0 spiro atoms. The van der Waals surface area contributed by atoms with Crippen LogP contribution in [0.3, 0.4) is 0 Å². The predicted molar refractivity (Wildman–Crippen MR) is 68.7 cm³/mol. The molecule has 1 heterocycles. The molecule has 1 N–H and O–H groups in total. The molecule has 0 aromatic heterocycles. The molecule has 0 bridgehead atoms. The van der Waals surface area contributed by atoms with E-state index in [-0.39, 0.29) is 0 Å². The summed E-state index contributed by atoms with van der Waals surface area (Å²) >= 11 is 0. The van der Waals surface area contributed by atoms with Crippen LogP contribution in [0.5, 0.6) is 0 Å². The third-order valence-corrected chi connectivity index (χ3v) is 3.71. The van der Waals surface area contributed by atoms with Crippen LogP contribution in [-0.2, 0) is 4.74 Å². The molecule has 0 aromatic carbocycles. The smallest absolute Gasteiger partial charge is 0.0589 e. The second-order valence-corrected chi connectivity index (χ2v) is 5.39. The Kier molecular flexibility index (Phi) is 6.32. The van der Waals surface area contributed by atoms with Crippen LogP contribution in [0.4, 0.5) is 0 Å². The van der Waals surface area contributed by atoms with Crippen molar-refractivity contribution in [2.24, 2.45) is 11.8 Å². The average Bonchev–Trinajstić information content (AvgIpc) is 2.70. The van der Waals surface area contributed by atoms with Gasteiger partial charge in [0, 0.05) is 26.2 Å². The van der Waals surface area contributed by atoms with E-state index in [1.807, 2.05) is 0 Å². The lowest BCUT2D eigenvalue weighted by atomic mass is 10.0. The number of nitrogens with zero attached hydrogens (tertiary/aromatic N) is 1.